The first kappa shape index (κ1) is 21.8. The van der Waals surface area contributed by atoms with Gasteiger partial charge < -0.3 is 15.4 Å². The van der Waals surface area contributed by atoms with Crippen LogP contribution in [0.15, 0.2) is 48.5 Å². The van der Waals surface area contributed by atoms with Crippen molar-refractivity contribution in [1.82, 2.24) is 5.32 Å². The maximum Gasteiger partial charge on any atom is 0.308 e. The van der Waals surface area contributed by atoms with Crippen LogP contribution in [0.1, 0.15) is 23.7 Å². The van der Waals surface area contributed by atoms with Gasteiger partial charge in [-0.2, -0.15) is 0 Å². The molecule has 0 fully saturated rings. The molecule has 152 valence electrons. The van der Waals surface area contributed by atoms with Gasteiger partial charge in [0.2, 0.25) is 0 Å². The Morgan fingerprint density at radius 1 is 1.10 bits per heavy atom. The second-order valence-electron chi connectivity index (χ2n) is 5.94. The summed E-state index contributed by atoms with van der Waals surface area (Å²) in [5.41, 5.74) is 0.605. The van der Waals surface area contributed by atoms with Crippen molar-refractivity contribution in [1.29, 1.82) is 0 Å². The molecule has 2 N–H and O–H groups in total. The number of nitrogens with one attached hydrogen (secondary N) is 2. The summed E-state index contributed by atoms with van der Waals surface area (Å²) >= 11 is 5.77. The first-order valence-corrected chi connectivity index (χ1v) is 8.92. The Kier molecular flexibility index (Phi) is 7.67. The average molecular weight is 420 g/mol. The number of amides is 2. The van der Waals surface area contributed by atoms with Crippen molar-refractivity contribution in [2.75, 3.05) is 11.9 Å². The third-order valence-electron chi connectivity index (χ3n) is 3.74. The van der Waals surface area contributed by atoms with Crippen molar-refractivity contribution in [3.8, 4) is 0 Å². The summed E-state index contributed by atoms with van der Waals surface area (Å²) in [6.07, 6.45) is -1.17. The summed E-state index contributed by atoms with van der Waals surface area (Å²) in [4.78, 5) is 45.9. The molecule has 0 bridgehead atoms. The van der Waals surface area contributed by atoms with E-state index in [0.717, 1.165) is 0 Å². The predicted octanol–water partition coefficient (Wildman–Crippen LogP) is 2.94. The molecule has 2 amide bonds. The number of hydrogen-bond donors (Lipinski definition) is 2. The molecule has 0 aliphatic carbocycles. The summed E-state index contributed by atoms with van der Waals surface area (Å²) in [6.45, 7) is 1.42. The number of esters is 1. The maximum atomic E-state index is 12.0. The highest BCUT2D eigenvalue weighted by Gasteiger charge is 2.18. The summed E-state index contributed by atoms with van der Waals surface area (Å²) in [5.74, 6) is -1.65. The van der Waals surface area contributed by atoms with Crippen LogP contribution in [-0.2, 0) is 14.3 Å². The molecular formula is C19H18ClN3O6. The van der Waals surface area contributed by atoms with Gasteiger partial charge in [0.15, 0.2) is 6.10 Å². The number of halogens is 1. The lowest BCUT2D eigenvalue weighted by Crippen LogP contribution is -2.32. The van der Waals surface area contributed by atoms with Gasteiger partial charge in [-0.15, -0.1) is 0 Å². The van der Waals surface area contributed by atoms with Gasteiger partial charge in [-0.05, 0) is 43.3 Å². The molecule has 2 aromatic carbocycles. The summed E-state index contributed by atoms with van der Waals surface area (Å²) < 4.78 is 5.03. The van der Waals surface area contributed by atoms with Crippen LogP contribution in [0.4, 0.5) is 11.4 Å². The van der Waals surface area contributed by atoms with Crippen molar-refractivity contribution >= 4 is 40.8 Å². The van der Waals surface area contributed by atoms with Crippen molar-refractivity contribution in [2.45, 2.75) is 19.4 Å². The van der Waals surface area contributed by atoms with Crippen LogP contribution in [0.2, 0.25) is 5.02 Å². The largest absolute Gasteiger partial charge is 0.452 e. The molecule has 0 aromatic heterocycles. The van der Waals surface area contributed by atoms with E-state index < -0.39 is 28.8 Å². The Balaban J connectivity index is 1.74. The quantitative estimate of drug-likeness (QED) is 0.384. The number of carbonyl (C=O) groups is 3. The maximum absolute atomic E-state index is 12.0. The van der Waals surface area contributed by atoms with E-state index in [9.17, 15) is 24.5 Å². The number of nitro benzene ring substituents is 1. The van der Waals surface area contributed by atoms with E-state index in [-0.39, 0.29) is 24.2 Å². The molecule has 0 heterocycles. The molecule has 10 heteroatoms. The van der Waals surface area contributed by atoms with Gasteiger partial charge in [-0.3, -0.25) is 24.5 Å². The highest BCUT2D eigenvalue weighted by Crippen LogP contribution is 2.14. The Morgan fingerprint density at radius 3 is 2.31 bits per heavy atom. The fourth-order valence-corrected chi connectivity index (χ4v) is 2.33. The van der Waals surface area contributed by atoms with E-state index in [1.807, 2.05) is 0 Å². The van der Waals surface area contributed by atoms with Crippen molar-refractivity contribution in [3.05, 3.63) is 69.2 Å². The molecule has 29 heavy (non-hydrogen) atoms. The zero-order valence-corrected chi connectivity index (χ0v) is 16.1. The summed E-state index contributed by atoms with van der Waals surface area (Å²) in [6, 6.07) is 11.5. The monoisotopic (exact) mass is 419 g/mol. The molecule has 1 unspecified atom stereocenters. The van der Waals surface area contributed by atoms with Crippen LogP contribution in [0.5, 0.6) is 0 Å². The van der Waals surface area contributed by atoms with Gasteiger partial charge in [-0.25, -0.2) is 0 Å². The van der Waals surface area contributed by atoms with Gasteiger partial charge in [-0.1, -0.05) is 11.6 Å². The van der Waals surface area contributed by atoms with Crippen LogP contribution in [0.25, 0.3) is 0 Å². The Bertz CT molecular complexity index is 899. The van der Waals surface area contributed by atoms with Crippen LogP contribution in [0, 0.1) is 10.1 Å². The first-order chi connectivity index (χ1) is 13.8. The van der Waals surface area contributed by atoms with E-state index >= 15 is 0 Å². The number of anilines is 1. The number of non-ortho nitro benzene ring substituents is 1. The lowest BCUT2D eigenvalue weighted by atomic mass is 10.2. The van der Waals surface area contributed by atoms with E-state index in [2.05, 4.69) is 10.6 Å². The van der Waals surface area contributed by atoms with Crippen LogP contribution in [-0.4, -0.2) is 35.4 Å². The number of benzene rings is 2. The predicted molar refractivity (Wildman–Crippen MR) is 106 cm³/mol. The molecule has 0 saturated carbocycles. The van der Waals surface area contributed by atoms with Crippen LogP contribution < -0.4 is 10.6 Å². The van der Waals surface area contributed by atoms with Crippen molar-refractivity contribution < 1.29 is 24.0 Å². The average Bonchev–Trinajstić information content (AvgIpc) is 2.69. The second kappa shape index (κ2) is 10.2. The van der Waals surface area contributed by atoms with Gasteiger partial charge >= 0.3 is 5.97 Å². The third-order valence-corrected chi connectivity index (χ3v) is 4.00. The molecule has 0 spiro atoms. The topological polar surface area (TPSA) is 128 Å². The molecule has 2 rings (SSSR count). The molecule has 0 aliphatic heterocycles. The zero-order chi connectivity index (χ0) is 21.4. The molecule has 0 saturated heterocycles. The Morgan fingerprint density at radius 2 is 1.72 bits per heavy atom. The second-order valence-corrected chi connectivity index (χ2v) is 6.37. The lowest BCUT2D eigenvalue weighted by molar-refractivity contribution is -0.384. The van der Waals surface area contributed by atoms with Crippen LogP contribution in [0.3, 0.4) is 0 Å². The fourth-order valence-electron chi connectivity index (χ4n) is 2.20. The normalized spacial score (nSPS) is 11.2. The molecule has 9 nitrogen and oxygen atoms in total. The minimum atomic E-state index is -1.02. The number of hydrogen-bond acceptors (Lipinski definition) is 6. The van der Waals surface area contributed by atoms with Gasteiger partial charge in [0.25, 0.3) is 17.5 Å². The number of rotatable bonds is 8. The molecule has 0 aliphatic rings. The highest BCUT2D eigenvalue weighted by atomic mass is 35.5. The summed E-state index contributed by atoms with van der Waals surface area (Å²) in [5, 5.41) is 16.2. The zero-order valence-electron chi connectivity index (χ0n) is 15.4. The molecule has 0 radical (unpaired) electrons. The number of nitrogens with zero attached hydrogens (tertiary/aromatic N) is 1. The van der Waals surface area contributed by atoms with Gasteiger partial charge in [0.1, 0.15) is 0 Å². The van der Waals surface area contributed by atoms with E-state index in [1.54, 1.807) is 24.3 Å². The Hall–Kier alpha value is -3.46. The first-order valence-electron chi connectivity index (χ1n) is 8.55. The van der Waals surface area contributed by atoms with Gasteiger partial charge in [0, 0.05) is 35.0 Å². The number of nitro groups is 1. The minimum Gasteiger partial charge on any atom is -0.452 e. The molecule has 1 atom stereocenters. The SMILES string of the molecule is CC(OC(=O)CCNC(=O)c1ccc([N+](=O)[O-])cc1)C(=O)Nc1ccc(Cl)cc1. The van der Waals surface area contributed by atoms with Crippen LogP contribution >= 0.6 is 11.6 Å². The molecule has 2 aromatic rings. The van der Waals surface area contributed by atoms with Crippen molar-refractivity contribution in [3.63, 3.8) is 0 Å². The standard InChI is InChI=1S/C19H18ClN3O6/c1-12(18(25)22-15-6-4-14(20)5-7-15)29-17(24)10-11-21-19(26)13-2-8-16(9-3-13)23(27)28/h2-9,12H,10-11H2,1H3,(H,21,26)(H,22,25). The lowest BCUT2D eigenvalue weighted by Gasteiger charge is -2.13. The van der Waals surface area contributed by atoms with Crippen molar-refractivity contribution in [2.24, 2.45) is 0 Å². The van der Waals surface area contributed by atoms with Gasteiger partial charge in [0.05, 0.1) is 11.3 Å². The minimum absolute atomic E-state index is 0.0137. The van der Waals surface area contributed by atoms with E-state index in [0.29, 0.717) is 10.7 Å². The number of carbonyl (C=O) groups excluding carboxylic acids is 3. The highest BCUT2D eigenvalue weighted by molar-refractivity contribution is 6.30. The third kappa shape index (κ3) is 6.89. The van der Waals surface area contributed by atoms with E-state index in [1.165, 1.54) is 31.2 Å². The smallest absolute Gasteiger partial charge is 0.308 e. The molecular weight excluding hydrogens is 402 g/mol. The summed E-state index contributed by atoms with van der Waals surface area (Å²) in [7, 11) is 0. The number of ether oxygens (including phenoxy) is 1. The Labute approximate surface area is 171 Å². The fraction of sp³-hybridized carbons (Fsp3) is 0.211. The van der Waals surface area contributed by atoms with E-state index in [4.69, 9.17) is 16.3 Å².